The molecule has 0 amide bonds. The molecule has 2 aliphatic heterocycles. The van der Waals surface area contributed by atoms with Crippen LogP contribution >= 0.6 is 23.4 Å². The molecular formula is C29H29ClN2O2S. The van der Waals surface area contributed by atoms with E-state index in [2.05, 4.69) is 60.5 Å². The van der Waals surface area contributed by atoms with Crippen LogP contribution in [0.3, 0.4) is 0 Å². The van der Waals surface area contributed by atoms with E-state index in [9.17, 15) is 0 Å². The maximum Gasteiger partial charge on any atom is 0.199 e. The van der Waals surface area contributed by atoms with E-state index in [0.29, 0.717) is 0 Å². The molecule has 1 atom stereocenters. The normalized spacial score (nSPS) is 18.2. The molecule has 3 aromatic carbocycles. The quantitative estimate of drug-likeness (QED) is 0.351. The SMILES string of the molecule is CN1CCN=C(/C=C/c2ccccc2Sc2ccc(Cl)cc2)c2ccc(OC3CCCCO3)cc21. The van der Waals surface area contributed by atoms with Crippen LogP contribution in [-0.2, 0) is 4.74 Å². The van der Waals surface area contributed by atoms with E-state index >= 15 is 0 Å². The molecule has 1 fully saturated rings. The van der Waals surface area contributed by atoms with Gasteiger partial charge in [-0.1, -0.05) is 47.6 Å². The number of aliphatic imine (C=N–C) groups is 1. The lowest BCUT2D eigenvalue weighted by Crippen LogP contribution is -2.25. The molecule has 0 aromatic heterocycles. The zero-order chi connectivity index (χ0) is 24.0. The summed E-state index contributed by atoms with van der Waals surface area (Å²) in [7, 11) is 2.11. The summed E-state index contributed by atoms with van der Waals surface area (Å²) in [5, 5.41) is 0.748. The topological polar surface area (TPSA) is 34.1 Å². The van der Waals surface area contributed by atoms with Crippen molar-refractivity contribution in [3.63, 3.8) is 0 Å². The number of benzene rings is 3. The molecule has 0 aliphatic carbocycles. The largest absolute Gasteiger partial charge is 0.465 e. The molecule has 4 nitrogen and oxygen atoms in total. The van der Waals surface area contributed by atoms with E-state index in [-0.39, 0.29) is 6.29 Å². The van der Waals surface area contributed by atoms with Gasteiger partial charge >= 0.3 is 0 Å². The van der Waals surface area contributed by atoms with Crippen molar-refractivity contribution in [2.75, 3.05) is 31.6 Å². The Balaban J connectivity index is 1.38. The van der Waals surface area contributed by atoms with E-state index in [1.807, 2.05) is 30.3 Å². The van der Waals surface area contributed by atoms with Gasteiger partial charge in [0.05, 0.1) is 18.9 Å². The first kappa shape index (κ1) is 24.0. The summed E-state index contributed by atoms with van der Waals surface area (Å²) < 4.78 is 11.9. The van der Waals surface area contributed by atoms with Gasteiger partial charge in [-0.15, -0.1) is 0 Å². The summed E-state index contributed by atoms with van der Waals surface area (Å²) in [4.78, 5) is 9.49. The van der Waals surface area contributed by atoms with Gasteiger partial charge in [0.2, 0.25) is 0 Å². The monoisotopic (exact) mass is 504 g/mol. The predicted octanol–water partition coefficient (Wildman–Crippen LogP) is 7.35. The number of anilines is 1. The Morgan fingerprint density at radius 1 is 1.06 bits per heavy atom. The van der Waals surface area contributed by atoms with Crippen molar-refractivity contribution in [3.05, 3.63) is 89.0 Å². The molecule has 6 heteroatoms. The first-order chi connectivity index (χ1) is 17.2. The van der Waals surface area contributed by atoms with Crippen LogP contribution in [0.2, 0.25) is 5.02 Å². The Morgan fingerprint density at radius 3 is 2.74 bits per heavy atom. The number of benzodiazepines with no additional fused rings is 1. The lowest BCUT2D eigenvalue weighted by atomic mass is 10.0. The molecule has 2 heterocycles. The highest BCUT2D eigenvalue weighted by Crippen LogP contribution is 2.33. The predicted molar refractivity (Wildman–Crippen MR) is 146 cm³/mol. The standard InChI is InChI=1S/C29H29ClN2O2S/c1-32-18-17-31-26(25-15-12-23(20-27(25)32)34-29-8-4-5-19-33-29)16-9-21-6-2-3-7-28(21)35-24-13-10-22(30)11-14-24/h2-3,6-7,9-16,20,29H,4-5,8,17-19H2,1H3/b16-9+. The van der Waals surface area contributed by atoms with Gasteiger partial charge < -0.3 is 14.4 Å². The molecule has 0 radical (unpaired) electrons. The number of hydrogen-bond donors (Lipinski definition) is 0. The van der Waals surface area contributed by atoms with Crippen LogP contribution in [0, 0.1) is 0 Å². The van der Waals surface area contributed by atoms with Crippen molar-refractivity contribution in [3.8, 4) is 5.75 Å². The van der Waals surface area contributed by atoms with Crippen molar-refractivity contribution in [1.29, 1.82) is 0 Å². The number of nitrogens with zero attached hydrogens (tertiary/aromatic N) is 2. The van der Waals surface area contributed by atoms with Crippen LogP contribution < -0.4 is 9.64 Å². The highest BCUT2D eigenvalue weighted by atomic mass is 35.5. The van der Waals surface area contributed by atoms with E-state index in [1.165, 1.54) is 4.90 Å². The Morgan fingerprint density at radius 2 is 1.91 bits per heavy atom. The number of hydrogen-bond acceptors (Lipinski definition) is 5. The summed E-state index contributed by atoms with van der Waals surface area (Å²) in [5.41, 5.74) is 4.38. The minimum atomic E-state index is -0.152. The van der Waals surface area contributed by atoms with Crippen LogP contribution in [0.25, 0.3) is 6.08 Å². The lowest BCUT2D eigenvalue weighted by Gasteiger charge is -2.25. The molecule has 0 spiro atoms. The number of likely N-dealkylation sites (N-methyl/N-ethyl adjacent to an activating group) is 1. The zero-order valence-corrected chi connectivity index (χ0v) is 21.4. The summed E-state index contributed by atoms with van der Waals surface area (Å²) >= 11 is 7.79. The lowest BCUT2D eigenvalue weighted by molar-refractivity contribution is -0.105. The van der Waals surface area contributed by atoms with Crippen molar-refractivity contribution in [2.24, 2.45) is 4.99 Å². The average molecular weight is 505 g/mol. The molecule has 2 aliphatic rings. The molecule has 1 unspecified atom stereocenters. The number of allylic oxidation sites excluding steroid dienone is 1. The highest BCUT2D eigenvalue weighted by Gasteiger charge is 2.19. The Hall–Kier alpha value is -2.73. The molecule has 3 aromatic rings. The van der Waals surface area contributed by atoms with Gasteiger partial charge in [0.15, 0.2) is 6.29 Å². The Kier molecular flexibility index (Phi) is 7.77. The second-order valence-electron chi connectivity index (χ2n) is 8.71. The Labute approximate surface area is 216 Å². The zero-order valence-electron chi connectivity index (χ0n) is 19.8. The van der Waals surface area contributed by atoms with Crippen LogP contribution in [0.5, 0.6) is 5.75 Å². The van der Waals surface area contributed by atoms with E-state index < -0.39 is 0 Å². The summed E-state index contributed by atoms with van der Waals surface area (Å²) in [6.45, 7) is 2.37. The van der Waals surface area contributed by atoms with Gasteiger partial charge in [-0.3, -0.25) is 4.99 Å². The number of rotatable bonds is 6. The van der Waals surface area contributed by atoms with Gasteiger partial charge in [-0.25, -0.2) is 0 Å². The van der Waals surface area contributed by atoms with Crippen LogP contribution in [-0.4, -0.2) is 38.7 Å². The second-order valence-corrected chi connectivity index (χ2v) is 10.3. The van der Waals surface area contributed by atoms with Crippen LogP contribution in [0.15, 0.2) is 87.6 Å². The maximum absolute atomic E-state index is 6.14. The van der Waals surface area contributed by atoms with Gasteiger partial charge in [0, 0.05) is 52.1 Å². The van der Waals surface area contributed by atoms with Crippen LogP contribution in [0.4, 0.5) is 5.69 Å². The van der Waals surface area contributed by atoms with Gasteiger partial charge in [-0.2, -0.15) is 0 Å². The van der Waals surface area contributed by atoms with Crippen molar-refractivity contribution in [2.45, 2.75) is 35.3 Å². The van der Waals surface area contributed by atoms with Crippen LogP contribution in [0.1, 0.15) is 30.4 Å². The maximum atomic E-state index is 6.14. The molecular weight excluding hydrogens is 476 g/mol. The summed E-state index contributed by atoms with van der Waals surface area (Å²) in [5.74, 6) is 0.845. The average Bonchev–Trinajstić information content (AvgIpc) is 3.04. The fourth-order valence-corrected chi connectivity index (χ4v) is 5.30. The molecule has 5 rings (SSSR count). The van der Waals surface area contributed by atoms with Gasteiger partial charge in [0.1, 0.15) is 5.75 Å². The second kappa shape index (κ2) is 11.3. The molecule has 1 saturated heterocycles. The van der Waals surface area contributed by atoms with Crippen molar-refractivity contribution in [1.82, 2.24) is 0 Å². The summed E-state index contributed by atoms with van der Waals surface area (Å²) in [6, 6.07) is 22.6. The van der Waals surface area contributed by atoms with E-state index in [0.717, 1.165) is 77.2 Å². The third-order valence-corrected chi connectivity index (χ3v) is 7.51. The van der Waals surface area contributed by atoms with Gasteiger partial charge in [0.25, 0.3) is 0 Å². The fourth-order valence-electron chi connectivity index (χ4n) is 4.25. The molecule has 0 saturated carbocycles. The van der Waals surface area contributed by atoms with Gasteiger partial charge in [-0.05, 0) is 66.9 Å². The fraction of sp³-hybridized carbons (Fsp3) is 0.276. The third kappa shape index (κ3) is 6.10. The highest BCUT2D eigenvalue weighted by molar-refractivity contribution is 7.99. The minimum absolute atomic E-state index is 0.152. The van der Waals surface area contributed by atoms with E-state index in [1.54, 1.807) is 11.8 Å². The molecule has 180 valence electrons. The van der Waals surface area contributed by atoms with Crippen molar-refractivity contribution < 1.29 is 9.47 Å². The molecule has 0 N–H and O–H groups in total. The third-order valence-electron chi connectivity index (χ3n) is 6.16. The summed E-state index contributed by atoms with van der Waals surface area (Å²) in [6.07, 6.45) is 7.34. The van der Waals surface area contributed by atoms with E-state index in [4.69, 9.17) is 26.1 Å². The molecule has 0 bridgehead atoms. The minimum Gasteiger partial charge on any atom is -0.465 e. The molecule has 35 heavy (non-hydrogen) atoms. The van der Waals surface area contributed by atoms with Crippen molar-refractivity contribution >= 4 is 40.8 Å². The smallest absolute Gasteiger partial charge is 0.199 e. The Bertz CT molecular complexity index is 1220. The first-order valence-corrected chi connectivity index (χ1v) is 13.2. The number of ether oxygens (including phenoxy) is 2. The number of fused-ring (bicyclic) bond motifs is 1. The number of halogens is 1. The first-order valence-electron chi connectivity index (χ1n) is 12.0.